The number of imide groups is 1. The second-order valence-electron chi connectivity index (χ2n) is 9.41. The van der Waals surface area contributed by atoms with Crippen molar-refractivity contribution in [3.8, 4) is 0 Å². The molecule has 38 heavy (non-hydrogen) atoms. The molecule has 1 fully saturated rings. The highest BCUT2D eigenvalue weighted by molar-refractivity contribution is 8.00. The zero-order chi connectivity index (χ0) is 27.6. The van der Waals surface area contributed by atoms with Crippen molar-refractivity contribution in [2.75, 3.05) is 10.2 Å². The van der Waals surface area contributed by atoms with Crippen LogP contribution in [0.5, 0.6) is 0 Å². The van der Waals surface area contributed by atoms with Gasteiger partial charge in [-0.05, 0) is 36.4 Å². The van der Waals surface area contributed by atoms with Crippen molar-refractivity contribution < 1.29 is 27.6 Å². The summed E-state index contributed by atoms with van der Waals surface area (Å²) < 4.78 is 41.2. The smallest absolute Gasteiger partial charge is 0.324 e. The molecule has 2 aliphatic heterocycles. The Kier molecular flexibility index (Phi) is 6.48. The first-order valence-corrected chi connectivity index (χ1v) is 13.4. The molecule has 3 heterocycles. The molecule has 3 amide bonds. The fourth-order valence-corrected chi connectivity index (χ4v) is 7.95. The zero-order valence-electron chi connectivity index (χ0n) is 19.8. The Morgan fingerprint density at radius 1 is 1.05 bits per heavy atom. The lowest BCUT2D eigenvalue weighted by molar-refractivity contribution is -0.137. The van der Waals surface area contributed by atoms with Crippen LogP contribution in [-0.2, 0) is 32.5 Å². The van der Waals surface area contributed by atoms with Gasteiger partial charge >= 0.3 is 11.0 Å². The standard InChI is InChI=1S/C25H19ClF3N3O4S2/c1-24(2)17-18(21(35)32(20(17)34)13-9-7-12(26)8-10-13)37-22-19(24)38-23(36)31(22)11-16(33)30-15-6-4-3-5-14(15)25(27,28)29/h3-10,17-18H,11H2,1-2H3,(H,30,33). The molecule has 2 aromatic carbocycles. The molecule has 7 nitrogen and oxygen atoms in total. The van der Waals surface area contributed by atoms with E-state index in [4.69, 9.17) is 11.6 Å². The maximum absolute atomic E-state index is 13.5. The lowest BCUT2D eigenvalue weighted by atomic mass is 9.76. The van der Waals surface area contributed by atoms with Gasteiger partial charge in [-0.1, -0.05) is 60.7 Å². The summed E-state index contributed by atoms with van der Waals surface area (Å²) in [6.07, 6.45) is -4.68. The Bertz CT molecular complexity index is 1530. The summed E-state index contributed by atoms with van der Waals surface area (Å²) >= 11 is 7.83. The summed E-state index contributed by atoms with van der Waals surface area (Å²) in [5.74, 6) is -2.46. The van der Waals surface area contributed by atoms with Crippen molar-refractivity contribution in [3.63, 3.8) is 0 Å². The van der Waals surface area contributed by atoms with E-state index in [1.165, 1.54) is 12.1 Å². The van der Waals surface area contributed by atoms with Crippen LogP contribution < -0.4 is 15.1 Å². The summed E-state index contributed by atoms with van der Waals surface area (Å²) in [6, 6.07) is 10.8. The maximum Gasteiger partial charge on any atom is 0.418 e. The quantitative estimate of drug-likeness (QED) is 0.430. The van der Waals surface area contributed by atoms with Crippen molar-refractivity contribution in [2.45, 2.75) is 42.3 Å². The van der Waals surface area contributed by atoms with E-state index in [0.717, 1.165) is 44.7 Å². The fourth-order valence-electron chi connectivity index (χ4n) is 4.78. The molecule has 3 aromatic rings. The van der Waals surface area contributed by atoms with Crippen molar-refractivity contribution >= 4 is 63.8 Å². The van der Waals surface area contributed by atoms with Crippen LogP contribution in [0.15, 0.2) is 58.4 Å². The van der Waals surface area contributed by atoms with Gasteiger partial charge in [0.1, 0.15) is 11.8 Å². The third-order valence-electron chi connectivity index (χ3n) is 6.60. The average Bonchev–Trinajstić information content (AvgIpc) is 3.28. The number of hydrogen-bond donors (Lipinski definition) is 1. The first-order chi connectivity index (χ1) is 17.8. The normalized spacial score (nSPS) is 20.3. The number of amides is 3. The second-order valence-corrected chi connectivity index (χ2v) is 11.9. The Balaban J connectivity index is 1.46. The molecular formula is C25H19ClF3N3O4S2. The van der Waals surface area contributed by atoms with Gasteiger partial charge in [0.15, 0.2) is 0 Å². The summed E-state index contributed by atoms with van der Waals surface area (Å²) in [5, 5.41) is 2.19. The zero-order valence-corrected chi connectivity index (χ0v) is 22.2. The highest BCUT2D eigenvalue weighted by atomic mass is 35.5. The van der Waals surface area contributed by atoms with E-state index >= 15 is 0 Å². The molecule has 2 aliphatic rings. The summed E-state index contributed by atoms with van der Waals surface area (Å²) in [4.78, 5) is 53.7. The number of benzene rings is 2. The second kappa shape index (κ2) is 9.28. The van der Waals surface area contributed by atoms with E-state index < -0.39 is 63.1 Å². The van der Waals surface area contributed by atoms with Crippen LogP contribution in [0.25, 0.3) is 0 Å². The average molecular weight is 582 g/mol. The Hall–Kier alpha value is -3.09. The summed E-state index contributed by atoms with van der Waals surface area (Å²) in [5.41, 5.74) is -1.99. The fraction of sp³-hybridized carbons (Fsp3) is 0.280. The van der Waals surface area contributed by atoms with E-state index in [1.54, 1.807) is 38.1 Å². The van der Waals surface area contributed by atoms with E-state index in [1.807, 2.05) is 0 Å². The minimum Gasteiger partial charge on any atom is -0.324 e. The summed E-state index contributed by atoms with van der Waals surface area (Å²) in [6.45, 7) is 2.97. The van der Waals surface area contributed by atoms with Gasteiger partial charge in [0.25, 0.3) is 0 Å². The van der Waals surface area contributed by atoms with Crippen molar-refractivity contribution in [2.24, 2.45) is 5.92 Å². The van der Waals surface area contributed by atoms with Gasteiger partial charge < -0.3 is 5.32 Å². The minimum atomic E-state index is -4.68. The van der Waals surface area contributed by atoms with Crippen LogP contribution in [0.1, 0.15) is 24.3 Å². The predicted octanol–water partition coefficient (Wildman–Crippen LogP) is 5.16. The van der Waals surface area contributed by atoms with Crippen molar-refractivity contribution in [1.29, 1.82) is 0 Å². The van der Waals surface area contributed by atoms with Gasteiger partial charge in [-0.2, -0.15) is 13.2 Å². The van der Waals surface area contributed by atoms with Gasteiger partial charge in [-0.25, -0.2) is 4.90 Å². The van der Waals surface area contributed by atoms with Crippen LogP contribution in [0, 0.1) is 5.92 Å². The molecule has 0 spiro atoms. The number of carbonyl (C=O) groups is 3. The largest absolute Gasteiger partial charge is 0.418 e. The van der Waals surface area contributed by atoms with E-state index in [0.29, 0.717) is 20.6 Å². The number of rotatable bonds is 4. The van der Waals surface area contributed by atoms with Crippen LogP contribution in [0.2, 0.25) is 5.02 Å². The molecular weight excluding hydrogens is 563 g/mol. The maximum atomic E-state index is 13.5. The van der Waals surface area contributed by atoms with Gasteiger partial charge in [0.2, 0.25) is 17.7 Å². The number of halogens is 4. The van der Waals surface area contributed by atoms with Crippen LogP contribution in [0.3, 0.4) is 0 Å². The molecule has 13 heteroatoms. The van der Waals surface area contributed by atoms with Gasteiger partial charge in [0, 0.05) is 15.3 Å². The molecule has 198 valence electrons. The Labute approximate surface area is 227 Å². The number of hydrogen-bond acceptors (Lipinski definition) is 6. The molecule has 1 aromatic heterocycles. The van der Waals surface area contributed by atoms with Gasteiger partial charge in [0.05, 0.1) is 27.9 Å². The third kappa shape index (κ3) is 4.34. The van der Waals surface area contributed by atoms with Crippen LogP contribution in [-0.4, -0.2) is 27.5 Å². The number of thioether (sulfide) groups is 1. The van der Waals surface area contributed by atoms with Gasteiger partial charge in [-0.3, -0.25) is 23.7 Å². The van der Waals surface area contributed by atoms with Crippen molar-refractivity contribution in [1.82, 2.24) is 4.57 Å². The summed E-state index contributed by atoms with van der Waals surface area (Å²) in [7, 11) is 0. The SMILES string of the molecule is CC1(C)c2sc(=O)n(CC(=O)Nc3ccccc3C(F)(F)F)c2SC2C(=O)N(c3ccc(Cl)cc3)C(=O)C21. The molecule has 0 radical (unpaired) electrons. The monoisotopic (exact) mass is 581 g/mol. The number of alkyl halides is 3. The first kappa shape index (κ1) is 26.5. The predicted molar refractivity (Wildman–Crippen MR) is 139 cm³/mol. The minimum absolute atomic E-state index is 0.351. The first-order valence-electron chi connectivity index (χ1n) is 11.3. The van der Waals surface area contributed by atoms with Crippen LogP contribution >= 0.6 is 34.7 Å². The Morgan fingerprint density at radius 3 is 2.37 bits per heavy atom. The number of carbonyl (C=O) groups excluding carboxylic acids is 3. The number of thiazole rings is 1. The van der Waals surface area contributed by atoms with Crippen molar-refractivity contribution in [3.05, 3.63) is 73.7 Å². The highest BCUT2D eigenvalue weighted by Crippen LogP contribution is 2.54. The molecule has 2 atom stereocenters. The molecule has 2 unspecified atom stereocenters. The topological polar surface area (TPSA) is 88.5 Å². The number of aromatic nitrogens is 1. The molecule has 1 saturated heterocycles. The molecule has 5 rings (SSSR count). The number of para-hydroxylation sites is 1. The molecule has 0 saturated carbocycles. The van der Waals surface area contributed by atoms with E-state index in [-0.39, 0.29) is 0 Å². The molecule has 1 N–H and O–H groups in total. The number of nitrogens with one attached hydrogen (secondary N) is 1. The van der Waals surface area contributed by atoms with Crippen LogP contribution in [0.4, 0.5) is 24.5 Å². The highest BCUT2D eigenvalue weighted by Gasteiger charge is 2.59. The third-order valence-corrected chi connectivity index (χ3v) is 9.67. The Morgan fingerprint density at radius 2 is 1.71 bits per heavy atom. The lowest BCUT2D eigenvalue weighted by Gasteiger charge is -2.36. The molecule has 0 bridgehead atoms. The number of nitrogens with zero attached hydrogens (tertiary/aromatic N) is 2. The van der Waals surface area contributed by atoms with Gasteiger partial charge in [-0.15, -0.1) is 0 Å². The molecule has 0 aliphatic carbocycles. The number of anilines is 2. The lowest BCUT2D eigenvalue weighted by Crippen LogP contribution is -2.42. The number of fused-ring (bicyclic) bond motifs is 2. The van der Waals surface area contributed by atoms with E-state index in [9.17, 15) is 32.3 Å². The van der Waals surface area contributed by atoms with E-state index in [2.05, 4.69) is 5.32 Å².